The Morgan fingerprint density at radius 2 is 1.58 bits per heavy atom. The van der Waals surface area contributed by atoms with Crippen molar-refractivity contribution in [1.82, 2.24) is 24.7 Å². The number of benzene rings is 1. The fourth-order valence-corrected chi connectivity index (χ4v) is 13.1. The highest BCUT2D eigenvalue weighted by atomic mass is 19.4. The van der Waals surface area contributed by atoms with E-state index in [-0.39, 0.29) is 131 Å². The number of piperidine rings is 1. The number of nitrogens with zero attached hydrogens (tertiary/aromatic N) is 5. The van der Waals surface area contributed by atoms with Crippen LogP contribution in [-0.4, -0.2) is 196 Å². The number of allylic oxidation sites excluding steroid dienone is 3. The SMILES string of the molecule is CCNc1nc(Nc2cc(F)c(C(=O)N3CCN(C(=O)CCC[C@@H]4/C=C(\C)C[C@H](C)C[C@H](O)[C@H]5O[C@@](O)(C(=O)C(=O)N6CCCC[C@H]6C(=O)O[C@H](/C(C)=C/[C@@H]6CC[C@@H](O)[C@H](OC)C6)[C@H](C)[C@@H](O)CC4=O)[C@H](C)C[C@@H]5OC)CC3)cc2OC)ncc1C(F)(F)F. The van der Waals surface area contributed by atoms with E-state index in [9.17, 15) is 62.4 Å². The number of ketones is 2. The minimum atomic E-state index is -4.74. The molecule has 4 fully saturated rings. The van der Waals surface area contributed by atoms with E-state index in [2.05, 4.69) is 20.6 Å². The number of hydrogen-bond acceptors (Lipinski definition) is 19. The lowest BCUT2D eigenvalue weighted by atomic mass is 9.81. The van der Waals surface area contributed by atoms with E-state index in [0.717, 1.165) is 22.6 Å². The highest BCUT2D eigenvalue weighted by Crippen LogP contribution is 2.40. The van der Waals surface area contributed by atoms with Crippen LogP contribution in [0.1, 0.15) is 141 Å². The topological polar surface area (TPSA) is 289 Å². The predicted octanol–water partition coefficient (Wildman–Crippen LogP) is 6.70. The number of Topliss-reactive ketones (excluding diaryl/α,β-unsaturated/α-hetero) is 2. The minimum absolute atomic E-state index is 0.00541. The zero-order valence-electron chi connectivity index (χ0n) is 52.4. The number of carbonyl (C=O) groups is 6. The quantitative estimate of drug-likeness (QED) is 0.0497. The molecule has 14 atom stereocenters. The Labute approximate surface area is 517 Å². The lowest BCUT2D eigenvalue weighted by Crippen LogP contribution is -2.64. The molecule has 1 saturated carbocycles. The molecule has 7 rings (SSSR count). The van der Waals surface area contributed by atoms with E-state index >= 15 is 4.39 Å². The summed E-state index contributed by atoms with van der Waals surface area (Å²) in [7, 11) is 4.19. The van der Waals surface area contributed by atoms with Crippen molar-refractivity contribution in [3.63, 3.8) is 0 Å². The molecule has 2 aromatic rings. The van der Waals surface area contributed by atoms with Gasteiger partial charge in [0.1, 0.15) is 47.0 Å². The maximum Gasteiger partial charge on any atom is 0.421 e. The van der Waals surface area contributed by atoms with Crippen molar-refractivity contribution >= 4 is 52.7 Å². The van der Waals surface area contributed by atoms with Gasteiger partial charge in [-0.1, -0.05) is 38.5 Å². The fourth-order valence-electron chi connectivity index (χ4n) is 13.1. The van der Waals surface area contributed by atoms with Gasteiger partial charge in [-0.3, -0.25) is 24.0 Å². The van der Waals surface area contributed by atoms with Crippen molar-refractivity contribution in [3.05, 3.63) is 58.6 Å². The third kappa shape index (κ3) is 17.1. The van der Waals surface area contributed by atoms with Crippen molar-refractivity contribution in [1.29, 1.82) is 0 Å². The smallest absolute Gasteiger partial charge is 0.421 e. The molecule has 26 heteroatoms. The number of halogens is 4. The molecule has 5 heterocycles. The van der Waals surface area contributed by atoms with Crippen LogP contribution in [0.15, 0.2) is 41.6 Å². The van der Waals surface area contributed by atoms with Gasteiger partial charge in [-0.15, -0.1) is 0 Å². The molecule has 3 saturated heterocycles. The number of carbonyl (C=O) groups excluding carboxylic acids is 6. The number of rotatable bonds is 14. The van der Waals surface area contributed by atoms with Crippen molar-refractivity contribution in [3.8, 4) is 5.75 Å². The van der Waals surface area contributed by atoms with Gasteiger partial charge in [0.2, 0.25) is 17.6 Å². The summed E-state index contributed by atoms with van der Waals surface area (Å²) >= 11 is 0. The highest BCUT2D eigenvalue weighted by Gasteiger charge is 2.56. The van der Waals surface area contributed by atoms with E-state index < -0.39 is 119 Å². The van der Waals surface area contributed by atoms with Gasteiger partial charge in [-0.2, -0.15) is 18.2 Å². The minimum Gasteiger partial charge on any atom is -0.495 e. The molecule has 89 heavy (non-hydrogen) atoms. The number of esters is 1. The van der Waals surface area contributed by atoms with Gasteiger partial charge >= 0.3 is 12.1 Å². The number of piperazine rings is 1. The Kier molecular flexibility index (Phi) is 24.3. The number of ether oxygens (including phenoxy) is 5. The Morgan fingerprint density at radius 1 is 0.888 bits per heavy atom. The fraction of sp³-hybridized carbons (Fsp3) is 0.683. The first kappa shape index (κ1) is 70.3. The maximum atomic E-state index is 15.8. The first-order valence-electron chi connectivity index (χ1n) is 31.0. The molecule has 5 aliphatic rings. The molecule has 494 valence electrons. The van der Waals surface area contributed by atoms with Crippen molar-refractivity contribution in [2.24, 2.45) is 29.6 Å². The van der Waals surface area contributed by atoms with Crippen LogP contribution in [0.4, 0.5) is 35.0 Å². The average Bonchev–Trinajstić information content (AvgIpc) is 1.80. The molecule has 1 aromatic heterocycles. The summed E-state index contributed by atoms with van der Waals surface area (Å²) in [6.45, 7) is 10.6. The molecule has 0 radical (unpaired) electrons. The Morgan fingerprint density at radius 3 is 2.25 bits per heavy atom. The molecule has 22 nitrogen and oxygen atoms in total. The number of nitrogens with one attached hydrogen (secondary N) is 2. The molecular formula is C63H89F4N7O15. The Balaban J connectivity index is 1.08. The Hall–Kier alpha value is -6.16. The van der Waals surface area contributed by atoms with Crippen LogP contribution in [0.3, 0.4) is 0 Å². The third-order valence-electron chi connectivity index (χ3n) is 18.2. The van der Waals surface area contributed by atoms with E-state index in [0.29, 0.717) is 50.3 Å². The molecule has 1 aliphatic carbocycles. The number of methoxy groups -OCH3 is 3. The Bertz CT molecular complexity index is 2910. The molecule has 1 aromatic carbocycles. The van der Waals surface area contributed by atoms with Gasteiger partial charge in [0, 0.05) is 96.3 Å². The second-order valence-electron chi connectivity index (χ2n) is 24.7. The number of anilines is 3. The molecule has 3 amide bonds. The van der Waals surface area contributed by atoms with Crippen molar-refractivity contribution < 1.29 is 90.4 Å². The van der Waals surface area contributed by atoms with E-state index in [4.69, 9.17) is 23.7 Å². The molecular weight excluding hydrogens is 1170 g/mol. The monoisotopic (exact) mass is 1260 g/mol. The number of cyclic esters (lactones) is 1. The van der Waals surface area contributed by atoms with E-state index in [1.807, 2.05) is 19.9 Å². The summed E-state index contributed by atoms with van der Waals surface area (Å²) in [5.74, 6) is -12.2. The van der Waals surface area contributed by atoms with Crippen LogP contribution >= 0.6 is 0 Å². The number of aromatic nitrogens is 2. The molecule has 2 bridgehead atoms. The lowest BCUT2D eigenvalue weighted by Gasteiger charge is -2.46. The first-order valence-corrected chi connectivity index (χ1v) is 31.0. The summed E-state index contributed by atoms with van der Waals surface area (Å²) < 4.78 is 85.7. The number of amides is 3. The zero-order valence-corrected chi connectivity index (χ0v) is 52.4. The van der Waals surface area contributed by atoms with Gasteiger partial charge in [-0.25, -0.2) is 14.2 Å². The van der Waals surface area contributed by atoms with Gasteiger partial charge in [-0.05, 0) is 115 Å². The van der Waals surface area contributed by atoms with Gasteiger partial charge < -0.3 is 69.4 Å². The second kappa shape index (κ2) is 30.8. The van der Waals surface area contributed by atoms with E-state index in [1.54, 1.807) is 31.7 Å². The summed E-state index contributed by atoms with van der Waals surface area (Å²) in [4.78, 5) is 97.4. The second-order valence-corrected chi connectivity index (χ2v) is 24.7. The summed E-state index contributed by atoms with van der Waals surface area (Å²) in [5, 5.41) is 51.8. The molecule has 4 aliphatic heterocycles. The van der Waals surface area contributed by atoms with Gasteiger partial charge in [0.05, 0.1) is 48.9 Å². The largest absolute Gasteiger partial charge is 0.495 e. The number of alkyl halides is 3. The summed E-state index contributed by atoms with van der Waals surface area (Å²) in [6, 6.07) is 0.832. The van der Waals surface area contributed by atoms with Crippen LogP contribution < -0.4 is 15.4 Å². The van der Waals surface area contributed by atoms with E-state index in [1.165, 1.54) is 33.2 Å². The average molecular weight is 1260 g/mol. The van der Waals surface area contributed by atoms with Crippen LogP contribution in [0.2, 0.25) is 0 Å². The lowest BCUT2D eigenvalue weighted by molar-refractivity contribution is -0.301. The molecule has 0 spiro atoms. The number of fused-ring (bicyclic) bond motifs is 3. The number of aliphatic hydroxyl groups is 4. The van der Waals surface area contributed by atoms with Crippen molar-refractivity contribution in [2.45, 2.75) is 186 Å². The maximum absolute atomic E-state index is 15.8. The first-order chi connectivity index (χ1) is 42.1. The number of aliphatic hydroxyl groups excluding tert-OH is 3. The summed E-state index contributed by atoms with van der Waals surface area (Å²) in [5.41, 5.74) is -0.208. The standard InChI is InChI=1S/C63H89F4N7O15/c1-10-68-57-42(63(65,66)67)33-69-61(71-57)70-44-31-43(64)41(30-50(44)85-7)58(81)73-22-20-72(21-23-73)53(79)16-13-14-40-25-34(2)24-35(3)26-49(78)55-52(87-9)28-37(5)62(84,89-55)56(80)59(82)74-19-12-11-15-45(74)60(83)88-54(38(6)47(76)32-48(40)77)36(4)27-39-17-18-46(75)51(29-39)86-8/h25,27,30-31,33,35,37-40,45-47,49,51-52,54-55,75-76,78,84H,10-24,26,28-29,32H2,1-9H3,(H2,68,69,70,71)/b34-25+,36-27+/t35-,37+,38+,39-,40+,45-,46+,47-,49-,51+,52-,54+,55+,62+/m0/s1. The zero-order chi connectivity index (χ0) is 65.2. The summed E-state index contributed by atoms with van der Waals surface area (Å²) in [6.07, 6.45) is -4.39. The third-order valence-corrected chi connectivity index (χ3v) is 18.2. The van der Waals surface area contributed by atoms with Crippen LogP contribution in [0.5, 0.6) is 5.75 Å². The molecule has 6 N–H and O–H groups in total. The molecule has 0 unspecified atom stereocenters. The highest BCUT2D eigenvalue weighted by molar-refractivity contribution is 6.39. The van der Waals surface area contributed by atoms with Crippen LogP contribution in [-0.2, 0) is 49.1 Å². The van der Waals surface area contributed by atoms with Crippen molar-refractivity contribution in [2.75, 3.05) is 71.2 Å². The normalized spacial score (nSPS) is 31.6. The van der Waals surface area contributed by atoms with Crippen LogP contribution in [0, 0.1) is 35.4 Å². The van der Waals surface area contributed by atoms with Gasteiger partial charge in [0.15, 0.2) is 0 Å². The van der Waals surface area contributed by atoms with Crippen LogP contribution in [0.25, 0.3) is 0 Å². The predicted molar refractivity (Wildman–Crippen MR) is 317 cm³/mol. The number of hydrogen-bond donors (Lipinski definition) is 6. The van der Waals surface area contributed by atoms with Gasteiger partial charge in [0.25, 0.3) is 17.6 Å².